The topological polar surface area (TPSA) is 55.1 Å². The molecule has 0 radical (unpaired) electrons. The number of nitrogens with zero attached hydrogens (tertiary/aromatic N) is 4. The SMILES string of the molecule is c1csc(-c2noc(C3CCN(Cc4ccnc5ccccc45)C3)n2)c1. The molecule has 0 bridgehead atoms. The van der Waals surface area contributed by atoms with Crippen molar-refractivity contribution in [1.82, 2.24) is 20.0 Å². The van der Waals surface area contributed by atoms with Crippen molar-refractivity contribution in [1.29, 1.82) is 0 Å². The fourth-order valence-electron chi connectivity index (χ4n) is 3.62. The molecule has 0 N–H and O–H groups in total. The van der Waals surface area contributed by atoms with Gasteiger partial charge in [-0.25, -0.2) is 0 Å². The minimum Gasteiger partial charge on any atom is -0.339 e. The summed E-state index contributed by atoms with van der Waals surface area (Å²) >= 11 is 1.63. The minimum atomic E-state index is 0.310. The monoisotopic (exact) mass is 362 g/mol. The molecule has 1 saturated heterocycles. The zero-order valence-electron chi connectivity index (χ0n) is 14.2. The molecule has 4 aromatic rings. The molecule has 26 heavy (non-hydrogen) atoms. The first-order valence-corrected chi connectivity index (χ1v) is 9.67. The van der Waals surface area contributed by atoms with Crippen molar-refractivity contribution in [2.75, 3.05) is 13.1 Å². The average Bonchev–Trinajstić information content (AvgIpc) is 3.42. The summed E-state index contributed by atoms with van der Waals surface area (Å²) in [5.41, 5.74) is 2.37. The Bertz CT molecular complexity index is 1020. The van der Waals surface area contributed by atoms with Gasteiger partial charge in [-0.3, -0.25) is 9.88 Å². The number of rotatable bonds is 4. The van der Waals surface area contributed by atoms with Crippen LogP contribution in [0.15, 0.2) is 58.6 Å². The predicted molar refractivity (Wildman–Crippen MR) is 102 cm³/mol. The number of para-hydroxylation sites is 1. The molecule has 130 valence electrons. The van der Waals surface area contributed by atoms with E-state index in [9.17, 15) is 0 Å². The third-order valence-electron chi connectivity index (χ3n) is 4.94. The van der Waals surface area contributed by atoms with Gasteiger partial charge in [0.1, 0.15) is 0 Å². The summed E-state index contributed by atoms with van der Waals surface area (Å²) < 4.78 is 5.55. The van der Waals surface area contributed by atoms with Gasteiger partial charge in [-0.05, 0) is 42.1 Å². The van der Waals surface area contributed by atoms with Gasteiger partial charge in [0.2, 0.25) is 11.7 Å². The van der Waals surface area contributed by atoms with E-state index in [1.807, 2.05) is 29.8 Å². The lowest BCUT2D eigenvalue weighted by Gasteiger charge is -2.16. The molecule has 1 aliphatic heterocycles. The summed E-state index contributed by atoms with van der Waals surface area (Å²) in [7, 11) is 0. The second-order valence-corrected chi connectivity index (χ2v) is 7.59. The number of likely N-dealkylation sites (tertiary alicyclic amines) is 1. The van der Waals surface area contributed by atoms with E-state index in [4.69, 9.17) is 4.52 Å². The Hall–Kier alpha value is -2.57. The molecule has 0 spiro atoms. The van der Waals surface area contributed by atoms with Crippen LogP contribution in [-0.4, -0.2) is 33.1 Å². The van der Waals surface area contributed by atoms with E-state index < -0.39 is 0 Å². The molecule has 5 nitrogen and oxygen atoms in total. The summed E-state index contributed by atoms with van der Waals surface area (Å²) in [5, 5.41) is 7.41. The van der Waals surface area contributed by atoms with Gasteiger partial charge in [-0.1, -0.05) is 29.4 Å². The predicted octanol–water partition coefficient (Wildman–Crippen LogP) is 4.34. The molecule has 0 aliphatic carbocycles. The van der Waals surface area contributed by atoms with E-state index in [2.05, 4.69) is 44.3 Å². The van der Waals surface area contributed by atoms with Crippen LogP contribution in [0.4, 0.5) is 0 Å². The molecule has 0 amide bonds. The molecular formula is C20H18N4OS. The van der Waals surface area contributed by atoms with Crippen LogP contribution in [0, 0.1) is 0 Å². The second kappa shape index (κ2) is 6.63. The molecule has 1 unspecified atom stereocenters. The Kier molecular flexibility index (Phi) is 3.99. The fraction of sp³-hybridized carbons (Fsp3) is 0.250. The second-order valence-electron chi connectivity index (χ2n) is 6.64. The van der Waals surface area contributed by atoms with E-state index in [0.717, 1.165) is 42.3 Å². The molecule has 1 fully saturated rings. The highest BCUT2D eigenvalue weighted by molar-refractivity contribution is 7.13. The van der Waals surface area contributed by atoms with E-state index in [1.54, 1.807) is 11.3 Å². The largest absolute Gasteiger partial charge is 0.339 e. The van der Waals surface area contributed by atoms with Crippen LogP contribution in [0.1, 0.15) is 23.8 Å². The molecule has 5 rings (SSSR count). The van der Waals surface area contributed by atoms with E-state index in [-0.39, 0.29) is 0 Å². The van der Waals surface area contributed by atoms with Crippen LogP contribution in [0.2, 0.25) is 0 Å². The molecule has 3 aromatic heterocycles. The minimum absolute atomic E-state index is 0.310. The number of hydrogen-bond acceptors (Lipinski definition) is 6. The first-order valence-electron chi connectivity index (χ1n) is 8.79. The number of hydrogen-bond donors (Lipinski definition) is 0. The Labute approximate surface area is 155 Å². The Morgan fingerprint density at radius 2 is 2.12 bits per heavy atom. The van der Waals surface area contributed by atoms with Gasteiger partial charge in [0.25, 0.3) is 0 Å². The van der Waals surface area contributed by atoms with E-state index >= 15 is 0 Å². The van der Waals surface area contributed by atoms with Crippen LogP contribution in [0.25, 0.3) is 21.6 Å². The third kappa shape index (κ3) is 2.91. The first-order chi connectivity index (χ1) is 12.9. The lowest BCUT2D eigenvalue weighted by Crippen LogP contribution is -2.20. The van der Waals surface area contributed by atoms with Crippen molar-refractivity contribution in [2.24, 2.45) is 0 Å². The van der Waals surface area contributed by atoms with Crippen molar-refractivity contribution in [2.45, 2.75) is 18.9 Å². The highest BCUT2D eigenvalue weighted by Crippen LogP contribution is 2.30. The van der Waals surface area contributed by atoms with Gasteiger partial charge in [0.05, 0.1) is 16.3 Å². The van der Waals surface area contributed by atoms with Gasteiger partial charge >= 0.3 is 0 Å². The molecule has 6 heteroatoms. The van der Waals surface area contributed by atoms with Crippen LogP contribution in [0.3, 0.4) is 0 Å². The van der Waals surface area contributed by atoms with Crippen molar-refractivity contribution in [3.63, 3.8) is 0 Å². The fourth-order valence-corrected chi connectivity index (χ4v) is 4.27. The summed E-state index contributed by atoms with van der Waals surface area (Å²) in [5.74, 6) is 1.77. The van der Waals surface area contributed by atoms with Crippen molar-refractivity contribution in [3.05, 3.63) is 65.5 Å². The molecular weight excluding hydrogens is 344 g/mol. The van der Waals surface area contributed by atoms with Crippen LogP contribution < -0.4 is 0 Å². The van der Waals surface area contributed by atoms with Gasteiger partial charge in [-0.15, -0.1) is 11.3 Å². The zero-order chi connectivity index (χ0) is 17.3. The zero-order valence-corrected chi connectivity index (χ0v) is 15.0. The van der Waals surface area contributed by atoms with E-state index in [1.165, 1.54) is 10.9 Å². The van der Waals surface area contributed by atoms with Crippen LogP contribution >= 0.6 is 11.3 Å². The normalized spacial score (nSPS) is 17.9. The smallest absolute Gasteiger partial charge is 0.231 e. The summed E-state index contributed by atoms with van der Waals surface area (Å²) in [6.07, 6.45) is 2.95. The molecule has 1 aliphatic rings. The third-order valence-corrected chi connectivity index (χ3v) is 5.80. The number of benzene rings is 1. The van der Waals surface area contributed by atoms with E-state index in [0.29, 0.717) is 11.7 Å². The maximum Gasteiger partial charge on any atom is 0.231 e. The van der Waals surface area contributed by atoms with Gasteiger partial charge < -0.3 is 4.52 Å². The van der Waals surface area contributed by atoms with Gasteiger partial charge in [0, 0.05) is 24.7 Å². The average molecular weight is 362 g/mol. The quantitative estimate of drug-likeness (QED) is 0.541. The lowest BCUT2D eigenvalue weighted by atomic mass is 10.1. The number of pyridine rings is 1. The van der Waals surface area contributed by atoms with Crippen LogP contribution in [-0.2, 0) is 6.54 Å². The Morgan fingerprint density at radius 3 is 3.04 bits per heavy atom. The number of aromatic nitrogens is 3. The molecule has 4 heterocycles. The Morgan fingerprint density at radius 1 is 1.15 bits per heavy atom. The van der Waals surface area contributed by atoms with Crippen LogP contribution in [0.5, 0.6) is 0 Å². The Balaban J connectivity index is 1.31. The summed E-state index contributed by atoms with van der Waals surface area (Å²) in [4.78, 5) is 12.6. The summed E-state index contributed by atoms with van der Waals surface area (Å²) in [6.45, 7) is 2.91. The van der Waals surface area contributed by atoms with Crippen molar-refractivity contribution < 1.29 is 4.52 Å². The lowest BCUT2D eigenvalue weighted by molar-refractivity contribution is 0.310. The summed E-state index contributed by atoms with van der Waals surface area (Å²) in [6, 6.07) is 14.5. The molecule has 1 aromatic carbocycles. The number of thiophene rings is 1. The highest BCUT2D eigenvalue weighted by Gasteiger charge is 2.28. The van der Waals surface area contributed by atoms with Crippen molar-refractivity contribution in [3.8, 4) is 10.7 Å². The van der Waals surface area contributed by atoms with Crippen molar-refractivity contribution >= 4 is 22.2 Å². The molecule has 1 atom stereocenters. The maximum absolute atomic E-state index is 5.55. The van der Waals surface area contributed by atoms with Gasteiger partial charge in [-0.2, -0.15) is 4.98 Å². The maximum atomic E-state index is 5.55. The first kappa shape index (κ1) is 15.7. The standard InChI is InChI=1S/C20H18N4OS/c1-2-5-17-16(4-1)14(7-9-21-17)12-24-10-8-15(13-24)20-22-19(23-25-20)18-6-3-11-26-18/h1-7,9,11,15H,8,10,12-13H2. The van der Waals surface area contributed by atoms with Gasteiger partial charge in [0.15, 0.2) is 0 Å². The highest BCUT2D eigenvalue weighted by atomic mass is 32.1. The molecule has 0 saturated carbocycles. The number of fused-ring (bicyclic) bond motifs is 1.